The lowest BCUT2D eigenvalue weighted by Gasteiger charge is -2.10. The number of hydrogen-bond acceptors (Lipinski definition) is 2. The molecule has 1 unspecified atom stereocenters. The van der Waals surface area contributed by atoms with Crippen molar-refractivity contribution in [1.29, 1.82) is 0 Å². The summed E-state index contributed by atoms with van der Waals surface area (Å²) in [6.45, 7) is 8.99. The second-order valence-corrected chi connectivity index (χ2v) is 2.57. The molecule has 60 valence electrons. The van der Waals surface area contributed by atoms with Crippen LogP contribution >= 0.6 is 0 Å². The molecule has 0 aliphatic rings. The first-order valence-corrected chi connectivity index (χ1v) is 3.44. The highest BCUT2D eigenvalue weighted by Crippen LogP contribution is 1.99. The minimum Gasteiger partial charge on any atom is -0.498 e. The van der Waals surface area contributed by atoms with Gasteiger partial charge in [-0.05, 0) is 6.92 Å². The third-order valence-electron chi connectivity index (χ3n) is 1.07. The van der Waals surface area contributed by atoms with E-state index in [0.29, 0.717) is 12.5 Å². The fraction of sp³-hybridized carbons (Fsp3) is 0.750. The quantitative estimate of drug-likeness (QED) is 0.548. The summed E-state index contributed by atoms with van der Waals surface area (Å²) < 4.78 is 10.1. The van der Waals surface area contributed by atoms with E-state index in [1.54, 1.807) is 7.11 Å². The van der Waals surface area contributed by atoms with Crippen LogP contribution in [0.1, 0.15) is 13.8 Å². The average Bonchev–Trinajstić information content (AvgIpc) is 1.85. The average molecular weight is 144 g/mol. The summed E-state index contributed by atoms with van der Waals surface area (Å²) in [6, 6.07) is 0. The van der Waals surface area contributed by atoms with Gasteiger partial charge in [-0.1, -0.05) is 13.5 Å². The molecule has 1 atom stereocenters. The van der Waals surface area contributed by atoms with Gasteiger partial charge in [0.1, 0.15) is 0 Å². The molecule has 0 N–H and O–H groups in total. The zero-order valence-corrected chi connectivity index (χ0v) is 7.02. The molecule has 2 heteroatoms. The molecule has 0 heterocycles. The fourth-order valence-corrected chi connectivity index (χ4v) is 0.617. The van der Waals surface area contributed by atoms with E-state index in [-0.39, 0.29) is 0 Å². The Balaban J connectivity index is 3.21. The molecule has 0 aliphatic heterocycles. The maximum absolute atomic E-state index is 5.18. The van der Waals surface area contributed by atoms with E-state index in [4.69, 9.17) is 9.47 Å². The highest BCUT2D eigenvalue weighted by atomic mass is 16.5. The van der Waals surface area contributed by atoms with Gasteiger partial charge in [0.25, 0.3) is 0 Å². The standard InChI is InChI=1S/C8H16O2/c1-7(2)10-6-8(3)5-9-4/h8H,1,5-6H2,2-4H3. The van der Waals surface area contributed by atoms with Gasteiger partial charge in [0.05, 0.1) is 19.0 Å². The van der Waals surface area contributed by atoms with Gasteiger partial charge >= 0.3 is 0 Å². The van der Waals surface area contributed by atoms with Crippen LogP contribution in [0.4, 0.5) is 0 Å². The zero-order chi connectivity index (χ0) is 7.98. The summed E-state index contributed by atoms with van der Waals surface area (Å²) in [5.41, 5.74) is 0. The molecule has 0 amide bonds. The summed E-state index contributed by atoms with van der Waals surface area (Å²) in [5, 5.41) is 0. The van der Waals surface area contributed by atoms with Crippen LogP contribution < -0.4 is 0 Å². The van der Waals surface area contributed by atoms with Crippen LogP contribution in [0.25, 0.3) is 0 Å². The molecule has 0 aromatic carbocycles. The van der Waals surface area contributed by atoms with Crippen LogP contribution in [0.3, 0.4) is 0 Å². The van der Waals surface area contributed by atoms with Crippen molar-refractivity contribution in [3.05, 3.63) is 12.3 Å². The lowest BCUT2D eigenvalue weighted by molar-refractivity contribution is 0.100. The molecule has 2 nitrogen and oxygen atoms in total. The smallest absolute Gasteiger partial charge is 0.0924 e. The molecule has 0 spiro atoms. The van der Waals surface area contributed by atoms with E-state index < -0.39 is 0 Å². The Morgan fingerprint density at radius 3 is 2.50 bits per heavy atom. The first-order valence-electron chi connectivity index (χ1n) is 3.44. The number of rotatable bonds is 5. The van der Waals surface area contributed by atoms with Crippen molar-refractivity contribution in [3.8, 4) is 0 Å². The van der Waals surface area contributed by atoms with Crippen LogP contribution in [0.2, 0.25) is 0 Å². The maximum atomic E-state index is 5.18. The molecule has 0 bridgehead atoms. The molecule has 0 fully saturated rings. The van der Waals surface area contributed by atoms with Gasteiger partial charge in [-0.2, -0.15) is 0 Å². The molecule has 0 aromatic rings. The molecule has 10 heavy (non-hydrogen) atoms. The van der Waals surface area contributed by atoms with Crippen LogP contribution in [0.5, 0.6) is 0 Å². The Morgan fingerprint density at radius 1 is 1.50 bits per heavy atom. The van der Waals surface area contributed by atoms with Gasteiger partial charge in [0.15, 0.2) is 0 Å². The van der Waals surface area contributed by atoms with Crippen LogP contribution in [0, 0.1) is 5.92 Å². The van der Waals surface area contributed by atoms with Crippen molar-refractivity contribution in [2.24, 2.45) is 5.92 Å². The molecule has 0 aromatic heterocycles. The normalized spacial score (nSPS) is 12.7. The first-order chi connectivity index (χ1) is 4.66. The summed E-state index contributed by atoms with van der Waals surface area (Å²) in [6.07, 6.45) is 0. The Bertz CT molecular complexity index is 99.4. The lowest BCUT2D eigenvalue weighted by Crippen LogP contribution is -2.10. The highest BCUT2D eigenvalue weighted by Gasteiger charge is 2.00. The van der Waals surface area contributed by atoms with Crippen molar-refractivity contribution in [2.75, 3.05) is 20.3 Å². The fourth-order valence-electron chi connectivity index (χ4n) is 0.617. The summed E-state index contributed by atoms with van der Waals surface area (Å²) in [7, 11) is 1.69. The summed E-state index contributed by atoms with van der Waals surface area (Å²) in [4.78, 5) is 0. The van der Waals surface area contributed by atoms with Crippen molar-refractivity contribution in [3.63, 3.8) is 0 Å². The number of methoxy groups -OCH3 is 1. The third-order valence-corrected chi connectivity index (χ3v) is 1.07. The Labute approximate surface area is 62.8 Å². The number of allylic oxidation sites excluding steroid dienone is 1. The second kappa shape index (κ2) is 5.30. The number of hydrogen-bond donors (Lipinski definition) is 0. The largest absolute Gasteiger partial charge is 0.498 e. The lowest BCUT2D eigenvalue weighted by atomic mass is 10.2. The van der Waals surface area contributed by atoms with E-state index in [0.717, 1.165) is 12.4 Å². The minimum atomic E-state index is 0.446. The number of ether oxygens (including phenoxy) is 2. The predicted molar refractivity (Wildman–Crippen MR) is 41.8 cm³/mol. The summed E-state index contributed by atoms with van der Waals surface area (Å²) >= 11 is 0. The third kappa shape index (κ3) is 5.63. The summed E-state index contributed by atoms with van der Waals surface area (Å²) in [5.74, 6) is 1.21. The predicted octanol–water partition coefficient (Wildman–Crippen LogP) is 1.82. The monoisotopic (exact) mass is 144 g/mol. The second-order valence-electron chi connectivity index (χ2n) is 2.57. The van der Waals surface area contributed by atoms with Crippen molar-refractivity contribution in [1.82, 2.24) is 0 Å². The van der Waals surface area contributed by atoms with E-state index >= 15 is 0 Å². The van der Waals surface area contributed by atoms with E-state index in [9.17, 15) is 0 Å². The van der Waals surface area contributed by atoms with E-state index in [2.05, 4.69) is 13.5 Å². The van der Waals surface area contributed by atoms with Crippen LogP contribution in [-0.4, -0.2) is 20.3 Å². The molecule has 0 aliphatic carbocycles. The van der Waals surface area contributed by atoms with Gasteiger partial charge < -0.3 is 9.47 Å². The van der Waals surface area contributed by atoms with Crippen molar-refractivity contribution < 1.29 is 9.47 Å². The molecule has 0 radical (unpaired) electrons. The van der Waals surface area contributed by atoms with E-state index in [1.165, 1.54) is 0 Å². The van der Waals surface area contributed by atoms with Gasteiger partial charge in [-0.25, -0.2) is 0 Å². The molecule has 0 saturated heterocycles. The highest BCUT2D eigenvalue weighted by molar-refractivity contribution is 4.73. The molecular formula is C8H16O2. The van der Waals surface area contributed by atoms with Gasteiger partial charge in [-0.15, -0.1) is 0 Å². The van der Waals surface area contributed by atoms with Crippen LogP contribution in [0.15, 0.2) is 12.3 Å². The van der Waals surface area contributed by atoms with E-state index in [1.807, 2.05) is 6.92 Å². The SMILES string of the molecule is C=C(C)OCC(C)COC. The molecular weight excluding hydrogens is 128 g/mol. The maximum Gasteiger partial charge on any atom is 0.0924 e. The van der Waals surface area contributed by atoms with Crippen LogP contribution in [-0.2, 0) is 9.47 Å². The zero-order valence-electron chi connectivity index (χ0n) is 7.02. The van der Waals surface area contributed by atoms with Crippen molar-refractivity contribution >= 4 is 0 Å². The van der Waals surface area contributed by atoms with Gasteiger partial charge in [0.2, 0.25) is 0 Å². The van der Waals surface area contributed by atoms with Gasteiger partial charge in [0, 0.05) is 13.0 Å². The Kier molecular flexibility index (Phi) is 5.03. The van der Waals surface area contributed by atoms with Crippen molar-refractivity contribution in [2.45, 2.75) is 13.8 Å². The van der Waals surface area contributed by atoms with Gasteiger partial charge in [-0.3, -0.25) is 0 Å². The molecule has 0 rings (SSSR count). The Hall–Kier alpha value is -0.500. The molecule has 0 saturated carbocycles. The first kappa shape index (κ1) is 9.50. The minimum absolute atomic E-state index is 0.446. The topological polar surface area (TPSA) is 18.5 Å². The Morgan fingerprint density at radius 2 is 2.10 bits per heavy atom.